The number of alkyl halides is 3. The standard InChI is InChI=1S/C22H23F3N2O2S2/c1-15-12-27-21(30-15)9-10-26-13-17-5-8-19(20(11-17)28-2)29-14-16-3-6-18(7-4-16)31-22(23,24)25/h3-8,11-12,26H,9-10,13-14H2,1-2H3. The molecule has 4 nitrogen and oxygen atoms in total. The van der Waals surface area contributed by atoms with E-state index in [4.69, 9.17) is 9.47 Å². The Labute approximate surface area is 187 Å². The molecule has 1 aromatic heterocycles. The summed E-state index contributed by atoms with van der Waals surface area (Å²) in [7, 11) is 1.58. The van der Waals surface area contributed by atoms with Gasteiger partial charge in [0.05, 0.1) is 12.1 Å². The van der Waals surface area contributed by atoms with Gasteiger partial charge in [-0.25, -0.2) is 4.98 Å². The summed E-state index contributed by atoms with van der Waals surface area (Å²) in [5.74, 6) is 1.19. The minimum atomic E-state index is -4.29. The number of hydrogen-bond donors (Lipinski definition) is 1. The second kappa shape index (κ2) is 10.9. The molecular weight excluding hydrogens is 445 g/mol. The average molecular weight is 469 g/mol. The van der Waals surface area contributed by atoms with Crippen molar-refractivity contribution in [2.45, 2.75) is 36.9 Å². The predicted molar refractivity (Wildman–Crippen MR) is 118 cm³/mol. The van der Waals surface area contributed by atoms with Crippen molar-refractivity contribution in [3.05, 3.63) is 69.7 Å². The summed E-state index contributed by atoms with van der Waals surface area (Å²) >= 11 is 1.58. The lowest BCUT2D eigenvalue weighted by molar-refractivity contribution is -0.0328. The molecule has 0 radical (unpaired) electrons. The number of thioether (sulfide) groups is 1. The molecular formula is C22H23F3N2O2S2. The van der Waals surface area contributed by atoms with Gasteiger partial charge in [0.25, 0.3) is 0 Å². The fourth-order valence-corrected chi connectivity index (χ4v) is 4.16. The third-order valence-corrected chi connectivity index (χ3v) is 6.01. The maximum Gasteiger partial charge on any atom is 0.446 e. The van der Waals surface area contributed by atoms with E-state index in [1.165, 1.54) is 17.0 Å². The van der Waals surface area contributed by atoms with Crippen LogP contribution in [0.3, 0.4) is 0 Å². The zero-order valence-electron chi connectivity index (χ0n) is 17.2. The van der Waals surface area contributed by atoms with Crippen LogP contribution in [0, 0.1) is 6.92 Å². The molecule has 0 atom stereocenters. The average Bonchev–Trinajstić information content (AvgIpc) is 3.15. The summed E-state index contributed by atoms with van der Waals surface area (Å²) < 4.78 is 48.5. The number of nitrogens with one attached hydrogen (secondary N) is 1. The van der Waals surface area contributed by atoms with E-state index in [0.717, 1.165) is 29.1 Å². The van der Waals surface area contributed by atoms with Crippen molar-refractivity contribution in [3.63, 3.8) is 0 Å². The molecule has 1 N–H and O–H groups in total. The van der Waals surface area contributed by atoms with Gasteiger partial charge in [-0.2, -0.15) is 13.2 Å². The number of benzene rings is 2. The van der Waals surface area contributed by atoms with Crippen LogP contribution in [0.1, 0.15) is 21.0 Å². The number of hydrogen-bond acceptors (Lipinski definition) is 6. The number of rotatable bonds is 10. The second-order valence-electron chi connectivity index (χ2n) is 6.76. The highest BCUT2D eigenvalue weighted by Crippen LogP contribution is 2.37. The molecule has 2 aromatic carbocycles. The summed E-state index contributed by atoms with van der Waals surface area (Å²) in [5.41, 5.74) is -2.45. The van der Waals surface area contributed by atoms with Gasteiger partial charge < -0.3 is 14.8 Å². The number of halogens is 3. The van der Waals surface area contributed by atoms with Crippen molar-refractivity contribution < 1.29 is 22.6 Å². The van der Waals surface area contributed by atoms with Gasteiger partial charge in [0.15, 0.2) is 11.5 Å². The molecule has 0 bridgehead atoms. The largest absolute Gasteiger partial charge is 0.493 e. The van der Waals surface area contributed by atoms with Crippen LogP contribution in [-0.4, -0.2) is 24.1 Å². The van der Waals surface area contributed by atoms with E-state index in [9.17, 15) is 13.2 Å². The molecule has 3 aromatic rings. The molecule has 9 heteroatoms. The van der Waals surface area contributed by atoms with E-state index in [1.54, 1.807) is 30.6 Å². The molecule has 166 valence electrons. The zero-order chi connectivity index (χ0) is 22.3. The molecule has 0 amide bonds. The SMILES string of the molecule is COc1cc(CNCCc2ncc(C)s2)ccc1OCc1ccc(SC(F)(F)F)cc1. The number of thiazole rings is 1. The number of nitrogens with zero attached hydrogens (tertiary/aromatic N) is 1. The minimum Gasteiger partial charge on any atom is -0.493 e. The Morgan fingerprint density at radius 3 is 2.45 bits per heavy atom. The molecule has 0 fully saturated rings. The Balaban J connectivity index is 1.50. The molecule has 3 rings (SSSR count). The predicted octanol–water partition coefficient (Wildman–Crippen LogP) is 5.98. The van der Waals surface area contributed by atoms with E-state index in [0.29, 0.717) is 18.0 Å². The van der Waals surface area contributed by atoms with Crippen LogP contribution in [0.15, 0.2) is 53.6 Å². The van der Waals surface area contributed by atoms with E-state index in [2.05, 4.69) is 10.3 Å². The Bertz CT molecular complexity index is 976. The number of aryl methyl sites for hydroxylation is 1. The lowest BCUT2D eigenvalue weighted by Crippen LogP contribution is -2.16. The number of methoxy groups -OCH3 is 1. The monoisotopic (exact) mass is 468 g/mol. The normalized spacial score (nSPS) is 11.5. The summed E-state index contributed by atoms with van der Waals surface area (Å²) in [6.07, 6.45) is 2.77. The van der Waals surface area contributed by atoms with Crippen LogP contribution in [0.25, 0.3) is 0 Å². The van der Waals surface area contributed by atoms with Crippen LogP contribution in [0.5, 0.6) is 11.5 Å². The second-order valence-corrected chi connectivity index (χ2v) is 9.21. The van der Waals surface area contributed by atoms with Gasteiger partial charge in [-0.05, 0) is 54.1 Å². The van der Waals surface area contributed by atoms with Crippen LogP contribution < -0.4 is 14.8 Å². The molecule has 1 heterocycles. The van der Waals surface area contributed by atoms with Crippen molar-refractivity contribution in [1.82, 2.24) is 10.3 Å². The molecule has 0 saturated heterocycles. The van der Waals surface area contributed by atoms with Gasteiger partial charge in [-0.1, -0.05) is 18.2 Å². The molecule has 0 spiro atoms. The highest BCUT2D eigenvalue weighted by Gasteiger charge is 2.29. The highest BCUT2D eigenvalue weighted by molar-refractivity contribution is 8.00. The maximum absolute atomic E-state index is 12.4. The lowest BCUT2D eigenvalue weighted by atomic mass is 10.2. The quantitative estimate of drug-likeness (QED) is 0.293. The molecule has 0 saturated carbocycles. The van der Waals surface area contributed by atoms with Crippen LogP contribution >= 0.6 is 23.1 Å². The van der Waals surface area contributed by atoms with Gasteiger partial charge in [0.2, 0.25) is 0 Å². The van der Waals surface area contributed by atoms with Gasteiger partial charge in [-0.3, -0.25) is 0 Å². The van der Waals surface area contributed by atoms with Crippen molar-refractivity contribution in [2.75, 3.05) is 13.7 Å². The van der Waals surface area contributed by atoms with Crippen molar-refractivity contribution in [2.24, 2.45) is 0 Å². The van der Waals surface area contributed by atoms with Gasteiger partial charge >= 0.3 is 5.51 Å². The summed E-state index contributed by atoms with van der Waals surface area (Å²) in [4.78, 5) is 5.72. The Morgan fingerprint density at radius 1 is 1.06 bits per heavy atom. The fraction of sp³-hybridized carbons (Fsp3) is 0.318. The van der Waals surface area contributed by atoms with E-state index in [-0.39, 0.29) is 23.3 Å². The maximum atomic E-state index is 12.4. The van der Waals surface area contributed by atoms with Gasteiger partial charge in [-0.15, -0.1) is 11.3 Å². The Morgan fingerprint density at radius 2 is 1.81 bits per heavy atom. The zero-order valence-corrected chi connectivity index (χ0v) is 18.8. The molecule has 0 aliphatic rings. The van der Waals surface area contributed by atoms with Crippen LogP contribution in [0.2, 0.25) is 0 Å². The van der Waals surface area contributed by atoms with Crippen LogP contribution in [-0.2, 0) is 19.6 Å². The first kappa shape index (κ1) is 23.4. The van der Waals surface area contributed by atoms with E-state index >= 15 is 0 Å². The van der Waals surface area contributed by atoms with E-state index < -0.39 is 5.51 Å². The Hall–Kier alpha value is -2.23. The smallest absolute Gasteiger partial charge is 0.446 e. The molecule has 0 aliphatic heterocycles. The first-order chi connectivity index (χ1) is 14.8. The number of ether oxygens (including phenoxy) is 2. The van der Waals surface area contributed by atoms with Crippen molar-refractivity contribution >= 4 is 23.1 Å². The molecule has 31 heavy (non-hydrogen) atoms. The topological polar surface area (TPSA) is 43.4 Å². The third kappa shape index (κ3) is 7.75. The first-order valence-corrected chi connectivity index (χ1v) is 11.2. The molecule has 0 aliphatic carbocycles. The minimum absolute atomic E-state index is 0.130. The number of aromatic nitrogens is 1. The van der Waals surface area contributed by atoms with Gasteiger partial charge in [0, 0.05) is 35.5 Å². The fourth-order valence-electron chi connectivity index (χ4n) is 2.83. The summed E-state index contributed by atoms with van der Waals surface area (Å²) in [6, 6.07) is 11.9. The highest BCUT2D eigenvalue weighted by atomic mass is 32.2. The summed E-state index contributed by atoms with van der Waals surface area (Å²) in [5, 5.41) is 4.52. The third-order valence-electron chi connectivity index (χ3n) is 4.29. The van der Waals surface area contributed by atoms with Crippen LogP contribution in [0.4, 0.5) is 13.2 Å². The van der Waals surface area contributed by atoms with Crippen molar-refractivity contribution in [1.29, 1.82) is 0 Å². The van der Waals surface area contributed by atoms with Crippen molar-refractivity contribution in [3.8, 4) is 11.5 Å². The summed E-state index contributed by atoms with van der Waals surface area (Å²) in [6.45, 7) is 3.81. The molecule has 0 unspecified atom stereocenters. The van der Waals surface area contributed by atoms with Gasteiger partial charge in [0.1, 0.15) is 6.61 Å². The first-order valence-electron chi connectivity index (χ1n) is 9.59. The van der Waals surface area contributed by atoms with E-state index in [1.807, 2.05) is 31.3 Å². The Kier molecular flexibility index (Phi) is 8.22. The lowest BCUT2D eigenvalue weighted by Gasteiger charge is -2.13.